The van der Waals surface area contributed by atoms with Gasteiger partial charge in [0.05, 0.1) is 12.4 Å². The second-order valence-electron chi connectivity index (χ2n) is 7.22. The van der Waals surface area contributed by atoms with Gasteiger partial charge in [-0.2, -0.15) is 0 Å². The Kier molecular flexibility index (Phi) is 5.78. The molecule has 1 saturated carbocycles. The third-order valence-electron chi connectivity index (χ3n) is 5.33. The molecule has 1 aromatic carbocycles. The van der Waals surface area contributed by atoms with Crippen molar-refractivity contribution in [2.24, 2.45) is 0 Å². The van der Waals surface area contributed by atoms with Crippen molar-refractivity contribution in [3.8, 4) is 17.1 Å². The summed E-state index contributed by atoms with van der Waals surface area (Å²) in [5, 5.41) is 1.88. The van der Waals surface area contributed by atoms with Crippen LogP contribution in [0.3, 0.4) is 0 Å². The summed E-state index contributed by atoms with van der Waals surface area (Å²) in [6.07, 6.45) is 7.50. The predicted octanol–water partition coefficient (Wildman–Crippen LogP) is 2.85. The smallest absolute Gasteiger partial charge is 0.406 e. The lowest BCUT2D eigenvalue weighted by molar-refractivity contribution is 0.0651. The minimum Gasteiger partial charge on any atom is -0.406 e. The van der Waals surface area contributed by atoms with Crippen LogP contribution in [-0.2, 0) is 0 Å². The molecule has 2 heterocycles. The number of hydrazine groups is 1. The molecule has 0 bridgehead atoms. The van der Waals surface area contributed by atoms with Crippen molar-refractivity contribution in [1.82, 2.24) is 25.3 Å². The first-order chi connectivity index (χ1) is 13.7. The van der Waals surface area contributed by atoms with E-state index < -0.39 is 6.09 Å². The second kappa shape index (κ2) is 8.62. The van der Waals surface area contributed by atoms with E-state index in [-0.39, 0.29) is 11.6 Å². The predicted molar refractivity (Wildman–Crippen MR) is 102 cm³/mol. The molecule has 1 amide bonds. The molecule has 148 valence electrons. The van der Waals surface area contributed by atoms with Gasteiger partial charge in [-0.1, -0.05) is 25.0 Å². The summed E-state index contributed by atoms with van der Waals surface area (Å²) in [4.78, 5) is 22.9. The number of hydrogen-bond acceptors (Lipinski definition) is 6. The Hall–Kier alpha value is -2.58. The van der Waals surface area contributed by atoms with Crippen LogP contribution < -0.4 is 10.2 Å². The van der Waals surface area contributed by atoms with E-state index >= 15 is 0 Å². The van der Waals surface area contributed by atoms with Crippen LogP contribution in [0.4, 0.5) is 9.18 Å². The zero-order chi connectivity index (χ0) is 19.3. The SMILES string of the molecule is O=C(NN1CCN(C2CCCC2)CC1)Oc1cnc(-c2cccc(F)c2)nc1. The highest BCUT2D eigenvalue weighted by molar-refractivity contribution is 5.69. The van der Waals surface area contributed by atoms with Crippen molar-refractivity contribution in [2.75, 3.05) is 26.2 Å². The number of rotatable bonds is 4. The van der Waals surface area contributed by atoms with Gasteiger partial charge >= 0.3 is 6.09 Å². The molecule has 0 unspecified atom stereocenters. The van der Waals surface area contributed by atoms with Crippen molar-refractivity contribution in [1.29, 1.82) is 0 Å². The number of ether oxygens (including phenoxy) is 1. The van der Waals surface area contributed by atoms with Crippen LogP contribution in [0.2, 0.25) is 0 Å². The minimum absolute atomic E-state index is 0.238. The van der Waals surface area contributed by atoms with Crippen molar-refractivity contribution >= 4 is 6.09 Å². The molecule has 1 saturated heterocycles. The summed E-state index contributed by atoms with van der Waals surface area (Å²) in [5.41, 5.74) is 3.34. The fourth-order valence-electron chi connectivity index (χ4n) is 3.87. The van der Waals surface area contributed by atoms with E-state index in [0.717, 1.165) is 26.2 Å². The van der Waals surface area contributed by atoms with Crippen LogP contribution in [0.25, 0.3) is 11.4 Å². The maximum Gasteiger partial charge on any atom is 0.427 e. The summed E-state index contributed by atoms with van der Waals surface area (Å²) >= 11 is 0. The molecule has 2 aliphatic rings. The highest BCUT2D eigenvalue weighted by Crippen LogP contribution is 2.24. The molecule has 1 aromatic heterocycles. The fraction of sp³-hybridized carbons (Fsp3) is 0.450. The van der Waals surface area contributed by atoms with Gasteiger partial charge in [0.1, 0.15) is 5.82 Å². The summed E-state index contributed by atoms with van der Waals surface area (Å²) in [6, 6.07) is 6.74. The van der Waals surface area contributed by atoms with Gasteiger partial charge in [0.25, 0.3) is 0 Å². The van der Waals surface area contributed by atoms with Crippen molar-refractivity contribution in [3.63, 3.8) is 0 Å². The number of piperazine rings is 1. The number of carbonyl (C=O) groups excluding carboxylic acids is 1. The van der Waals surface area contributed by atoms with Gasteiger partial charge in [0.2, 0.25) is 0 Å². The Balaban J connectivity index is 1.26. The maximum atomic E-state index is 13.3. The van der Waals surface area contributed by atoms with Crippen LogP contribution in [0.5, 0.6) is 5.75 Å². The third-order valence-corrected chi connectivity index (χ3v) is 5.33. The average molecular weight is 385 g/mol. The molecule has 4 rings (SSSR count). The van der Waals surface area contributed by atoms with E-state index in [0.29, 0.717) is 17.4 Å². The first-order valence-corrected chi connectivity index (χ1v) is 9.73. The quantitative estimate of drug-likeness (QED) is 0.873. The minimum atomic E-state index is -0.559. The molecule has 2 fully saturated rings. The topological polar surface area (TPSA) is 70.6 Å². The number of nitrogens with one attached hydrogen (secondary N) is 1. The monoisotopic (exact) mass is 385 g/mol. The van der Waals surface area contributed by atoms with Crippen LogP contribution in [0.1, 0.15) is 25.7 Å². The highest BCUT2D eigenvalue weighted by Gasteiger charge is 2.26. The lowest BCUT2D eigenvalue weighted by Crippen LogP contribution is -2.55. The van der Waals surface area contributed by atoms with Crippen molar-refractivity contribution in [3.05, 3.63) is 42.5 Å². The van der Waals surface area contributed by atoms with E-state index in [4.69, 9.17) is 4.74 Å². The van der Waals surface area contributed by atoms with Gasteiger partial charge in [0.15, 0.2) is 11.6 Å². The molecule has 7 nitrogen and oxygen atoms in total. The average Bonchev–Trinajstić information content (AvgIpc) is 3.24. The van der Waals surface area contributed by atoms with E-state index in [2.05, 4.69) is 20.3 Å². The van der Waals surface area contributed by atoms with E-state index in [1.807, 2.05) is 5.01 Å². The molecule has 28 heavy (non-hydrogen) atoms. The lowest BCUT2D eigenvalue weighted by Gasteiger charge is -2.37. The Bertz CT molecular complexity index is 802. The number of nitrogens with zero attached hydrogens (tertiary/aromatic N) is 4. The summed E-state index contributed by atoms with van der Waals surface area (Å²) in [6.45, 7) is 3.47. The summed E-state index contributed by atoms with van der Waals surface area (Å²) in [7, 11) is 0. The van der Waals surface area contributed by atoms with Gasteiger partial charge in [-0.25, -0.2) is 24.2 Å². The van der Waals surface area contributed by atoms with Gasteiger partial charge in [0, 0.05) is 37.8 Å². The molecule has 8 heteroatoms. The Morgan fingerprint density at radius 3 is 2.50 bits per heavy atom. The molecular weight excluding hydrogens is 361 g/mol. The van der Waals surface area contributed by atoms with Gasteiger partial charge in [-0.15, -0.1) is 0 Å². The number of benzene rings is 1. The summed E-state index contributed by atoms with van der Waals surface area (Å²) < 4.78 is 18.6. The number of halogens is 1. The standard InChI is InChI=1S/C20H24FN5O2/c21-16-5-3-4-15(12-16)19-22-13-18(14-23-19)28-20(27)24-26-10-8-25(9-11-26)17-6-1-2-7-17/h3-5,12-14,17H,1-2,6-11H2,(H,24,27). The van der Waals surface area contributed by atoms with Gasteiger partial charge in [-0.3, -0.25) is 10.3 Å². The molecule has 2 aromatic rings. The zero-order valence-corrected chi connectivity index (χ0v) is 15.7. The number of hydrogen-bond donors (Lipinski definition) is 1. The number of amides is 1. The second-order valence-corrected chi connectivity index (χ2v) is 7.22. The van der Waals surface area contributed by atoms with Crippen LogP contribution in [0.15, 0.2) is 36.7 Å². The normalized spacial score (nSPS) is 18.9. The molecule has 0 spiro atoms. The van der Waals surface area contributed by atoms with Crippen LogP contribution in [-0.4, -0.2) is 58.2 Å². The zero-order valence-electron chi connectivity index (χ0n) is 15.7. The van der Waals surface area contributed by atoms with Crippen molar-refractivity contribution in [2.45, 2.75) is 31.7 Å². The molecule has 1 aliphatic carbocycles. The first kappa shape index (κ1) is 18.8. The van der Waals surface area contributed by atoms with Gasteiger partial charge in [-0.05, 0) is 25.0 Å². The van der Waals surface area contributed by atoms with E-state index in [1.54, 1.807) is 12.1 Å². The number of carbonyl (C=O) groups is 1. The Morgan fingerprint density at radius 1 is 1.11 bits per heavy atom. The number of aromatic nitrogens is 2. The third kappa shape index (κ3) is 4.63. The Labute approximate surface area is 163 Å². The Morgan fingerprint density at radius 2 is 1.82 bits per heavy atom. The maximum absolute atomic E-state index is 13.3. The molecular formula is C20H24FN5O2. The highest BCUT2D eigenvalue weighted by atomic mass is 19.1. The first-order valence-electron chi connectivity index (χ1n) is 9.73. The van der Waals surface area contributed by atoms with E-state index in [9.17, 15) is 9.18 Å². The van der Waals surface area contributed by atoms with Gasteiger partial charge < -0.3 is 4.74 Å². The molecule has 0 atom stereocenters. The fourth-order valence-corrected chi connectivity index (χ4v) is 3.87. The molecule has 0 radical (unpaired) electrons. The van der Waals surface area contributed by atoms with Crippen LogP contribution >= 0.6 is 0 Å². The summed E-state index contributed by atoms with van der Waals surface area (Å²) in [5.74, 6) is 0.256. The largest absolute Gasteiger partial charge is 0.427 e. The van der Waals surface area contributed by atoms with Crippen molar-refractivity contribution < 1.29 is 13.9 Å². The molecule has 1 N–H and O–H groups in total. The van der Waals surface area contributed by atoms with Crippen LogP contribution in [0, 0.1) is 5.82 Å². The lowest BCUT2D eigenvalue weighted by atomic mass is 10.2. The van der Waals surface area contributed by atoms with E-state index in [1.165, 1.54) is 50.2 Å². The molecule has 1 aliphatic heterocycles.